The Morgan fingerprint density at radius 1 is 1.11 bits per heavy atom. The molecule has 1 saturated heterocycles. The van der Waals surface area contributed by atoms with Crippen LogP contribution in [-0.4, -0.2) is 18.0 Å². The van der Waals surface area contributed by atoms with E-state index < -0.39 is 0 Å². The van der Waals surface area contributed by atoms with Crippen LogP contribution in [0.3, 0.4) is 0 Å². The number of aryl methyl sites for hydroxylation is 1. The average Bonchev–Trinajstić information content (AvgIpc) is 2.60. The third-order valence-electron chi connectivity index (χ3n) is 5.27. The van der Waals surface area contributed by atoms with Crippen molar-refractivity contribution in [2.24, 2.45) is 0 Å². The maximum atomic E-state index is 12.6. The fourth-order valence-electron chi connectivity index (χ4n) is 3.83. The fourth-order valence-corrected chi connectivity index (χ4v) is 4.13. The molecule has 1 amide bonds. The monoisotopic (exact) mass is 405 g/mol. The zero-order chi connectivity index (χ0) is 19.7. The lowest BCUT2D eigenvalue weighted by molar-refractivity contribution is 0.102. The maximum Gasteiger partial charge on any atom is 0.255 e. The van der Waals surface area contributed by atoms with E-state index in [1.807, 2.05) is 12.1 Å². The molecule has 0 aliphatic carbocycles. The summed E-state index contributed by atoms with van der Waals surface area (Å²) in [6.45, 7) is 6.56. The number of carbonyl (C=O) groups is 1. The number of nitrogens with one attached hydrogen (secondary N) is 1. The molecule has 1 aliphatic rings. The zero-order valence-electron chi connectivity index (χ0n) is 15.9. The predicted octanol–water partition coefficient (Wildman–Crippen LogP) is 5.90. The Bertz CT molecular complexity index is 859. The first-order chi connectivity index (χ1) is 12.8. The molecule has 144 valence electrons. The van der Waals surface area contributed by atoms with Gasteiger partial charge in [-0.25, -0.2) is 0 Å². The number of carbonyl (C=O) groups excluding carboxylic acids is 1. The summed E-state index contributed by atoms with van der Waals surface area (Å²) in [6.07, 6.45) is 3.58. The molecule has 0 saturated carbocycles. The lowest BCUT2D eigenvalue weighted by Crippen LogP contribution is -2.44. The van der Waals surface area contributed by atoms with Crippen LogP contribution in [0.25, 0.3) is 0 Å². The van der Waals surface area contributed by atoms with Gasteiger partial charge in [0, 0.05) is 23.3 Å². The molecule has 0 aromatic heterocycles. The summed E-state index contributed by atoms with van der Waals surface area (Å²) in [5.74, 6) is -0.269. The number of halogens is 2. The van der Waals surface area contributed by atoms with Gasteiger partial charge in [-0.2, -0.15) is 0 Å². The smallest absolute Gasteiger partial charge is 0.255 e. The lowest BCUT2D eigenvalue weighted by atomic mass is 9.95. The summed E-state index contributed by atoms with van der Waals surface area (Å²) in [7, 11) is 0. The quantitative estimate of drug-likeness (QED) is 0.624. The van der Waals surface area contributed by atoms with E-state index >= 15 is 0 Å². The van der Waals surface area contributed by atoms with Crippen LogP contribution in [0, 0.1) is 6.92 Å². The zero-order valence-corrected chi connectivity index (χ0v) is 17.4. The molecule has 1 heterocycles. The minimum atomic E-state index is -0.269. The Hall–Kier alpha value is -1.91. The largest absolute Gasteiger partial charge is 0.397 e. The number of anilines is 3. The van der Waals surface area contributed by atoms with E-state index in [9.17, 15) is 4.79 Å². The molecular formula is C21H25Cl2N3O. The first-order valence-electron chi connectivity index (χ1n) is 9.22. The van der Waals surface area contributed by atoms with Crippen LogP contribution in [-0.2, 0) is 0 Å². The van der Waals surface area contributed by atoms with Crippen LogP contribution >= 0.6 is 23.2 Å². The highest BCUT2D eigenvalue weighted by Gasteiger charge is 2.26. The van der Waals surface area contributed by atoms with E-state index in [1.165, 1.54) is 19.3 Å². The van der Waals surface area contributed by atoms with Gasteiger partial charge in [0.15, 0.2) is 0 Å². The first kappa shape index (κ1) is 19.8. The van der Waals surface area contributed by atoms with Gasteiger partial charge >= 0.3 is 0 Å². The Morgan fingerprint density at radius 3 is 2.41 bits per heavy atom. The molecule has 0 spiro atoms. The summed E-state index contributed by atoms with van der Waals surface area (Å²) in [5, 5.41) is 3.68. The molecule has 3 N–H and O–H groups in total. The van der Waals surface area contributed by atoms with Crippen LogP contribution in [0.15, 0.2) is 30.3 Å². The number of rotatable bonds is 3. The van der Waals surface area contributed by atoms with Crippen molar-refractivity contribution >= 4 is 46.2 Å². The second-order valence-corrected chi connectivity index (χ2v) is 8.16. The number of hydrogen-bond acceptors (Lipinski definition) is 3. The van der Waals surface area contributed by atoms with E-state index in [4.69, 9.17) is 28.9 Å². The number of nitrogens with zero attached hydrogens (tertiary/aromatic N) is 1. The standard InChI is InChI=1S/C21H25Cl2N3O/c1-12-9-18(24)19(11-20(12)26-13(2)5-4-6-14(26)3)25-21(27)15-7-8-16(22)17(23)10-15/h7-11,13-14H,4-6,24H2,1-3H3,(H,25,27). The van der Waals surface area contributed by atoms with E-state index in [1.54, 1.807) is 18.2 Å². The van der Waals surface area contributed by atoms with Crippen LogP contribution in [0.5, 0.6) is 0 Å². The molecule has 1 aliphatic heterocycles. The lowest BCUT2D eigenvalue weighted by Gasteiger charge is -2.42. The summed E-state index contributed by atoms with van der Waals surface area (Å²) < 4.78 is 0. The summed E-state index contributed by atoms with van der Waals surface area (Å²) in [6, 6.07) is 9.62. The minimum Gasteiger partial charge on any atom is -0.397 e. The molecule has 3 rings (SSSR count). The normalized spacial score (nSPS) is 19.8. The molecule has 27 heavy (non-hydrogen) atoms. The van der Waals surface area contributed by atoms with Crippen molar-refractivity contribution in [1.29, 1.82) is 0 Å². The van der Waals surface area contributed by atoms with Crippen LogP contribution < -0.4 is 16.0 Å². The van der Waals surface area contributed by atoms with Gasteiger partial charge in [-0.3, -0.25) is 4.79 Å². The Morgan fingerprint density at radius 2 is 1.78 bits per heavy atom. The number of amides is 1. The van der Waals surface area contributed by atoms with Gasteiger partial charge in [0.05, 0.1) is 21.4 Å². The van der Waals surface area contributed by atoms with E-state index in [0.29, 0.717) is 39.1 Å². The highest BCUT2D eigenvalue weighted by atomic mass is 35.5. The van der Waals surface area contributed by atoms with Gasteiger partial charge in [-0.05, 0) is 75.9 Å². The third-order valence-corrected chi connectivity index (χ3v) is 6.01. The number of nitrogen functional groups attached to an aromatic ring is 1. The van der Waals surface area contributed by atoms with Crippen molar-refractivity contribution in [1.82, 2.24) is 0 Å². The number of nitrogens with two attached hydrogens (primary N) is 1. The molecule has 2 aromatic carbocycles. The van der Waals surface area contributed by atoms with Crippen molar-refractivity contribution < 1.29 is 4.79 Å². The first-order valence-corrected chi connectivity index (χ1v) is 9.98. The molecule has 2 atom stereocenters. The van der Waals surface area contributed by atoms with Crippen molar-refractivity contribution in [3.63, 3.8) is 0 Å². The topological polar surface area (TPSA) is 58.4 Å². The SMILES string of the molecule is Cc1cc(N)c(NC(=O)c2ccc(Cl)c(Cl)c2)cc1N1C(C)CCCC1C. The van der Waals surface area contributed by atoms with Gasteiger partial charge < -0.3 is 16.0 Å². The van der Waals surface area contributed by atoms with Gasteiger partial charge in [-0.1, -0.05) is 23.2 Å². The molecular weight excluding hydrogens is 381 g/mol. The van der Waals surface area contributed by atoms with E-state index in [2.05, 4.69) is 31.0 Å². The van der Waals surface area contributed by atoms with Gasteiger partial charge in [0.25, 0.3) is 5.91 Å². The Kier molecular flexibility index (Phi) is 5.87. The number of hydrogen-bond donors (Lipinski definition) is 2. The second kappa shape index (κ2) is 7.99. The molecule has 1 fully saturated rings. The Labute approximate surface area is 170 Å². The van der Waals surface area contributed by atoms with Crippen LogP contribution in [0.2, 0.25) is 10.0 Å². The summed E-state index contributed by atoms with van der Waals surface area (Å²) in [4.78, 5) is 15.1. The van der Waals surface area contributed by atoms with Gasteiger partial charge in [0.2, 0.25) is 0 Å². The number of piperidine rings is 1. The van der Waals surface area contributed by atoms with Crippen molar-refractivity contribution in [3.05, 3.63) is 51.5 Å². The van der Waals surface area contributed by atoms with E-state index in [-0.39, 0.29) is 5.91 Å². The highest BCUT2D eigenvalue weighted by molar-refractivity contribution is 6.42. The summed E-state index contributed by atoms with van der Waals surface area (Å²) >= 11 is 12.0. The van der Waals surface area contributed by atoms with Crippen LogP contribution in [0.4, 0.5) is 17.1 Å². The molecule has 2 unspecified atom stereocenters. The third kappa shape index (κ3) is 4.17. The van der Waals surface area contributed by atoms with E-state index in [0.717, 1.165) is 11.3 Å². The molecule has 0 radical (unpaired) electrons. The van der Waals surface area contributed by atoms with Crippen molar-refractivity contribution in [2.75, 3.05) is 16.0 Å². The molecule has 6 heteroatoms. The average molecular weight is 406 g/mol. The van der Waals surface area contributed by atoms with Gasteiger partial charge in [0.1, 0.15) is 0 Å². The van der Waals surface area contributed by atoms with Gasteiger partial charge in [-0.15, -0.1) is 0 Å². The predicted molar refractivity (Wildman–Crippen MR) is 115 cm³/mol. The van der Waals surface area contributed by atoms with Crippen molar-refractivity contribution in [3.8, 4) is 0 Å². The Balaban J connectivity index is 1.91. The molecule has 0 bridgehead atoms. The maximum absolute atomic E-state index is 12.6. The molecule has 4 nitrogen and oxygen atoms in total. The highest BCUT2D eigenvalue weighted by Crippen LogP contribution is 2.36. The molecule has 2 aromatic rings. The number of benzene rings is 2. The van der Waals surface area contributed by atoms with Crippen LogP contribution in [0.1, 0.15) is 49.0 Å². The fraction of sp³-hybridized carbons (Fsp3) is 0.381. The van der Waals surface area contributed by atoms with Crippen molar-refractivity contribution in [2.45, 2.75) is 52.1 Å². The minimum absolute atomic E-state index is 0.269. The summed E-state index contributed by atoms with van der Waals surface area (Å²) in [5.41, 5.74) is 10.0. The second-order valence-electron chi connectivity index (χ2n) is 7.35.